The molecule has 0 spiro atoms. The number of β-amino-alcohol motifs (C(OH)–C–C–N with tert-alkyl or cyclic N) is 1. The second-order valence-corrected chi connectivity index (χ2v) is 7.50. The number of hydrogen-bond acceptors (Lipinski definition) is 5. The quantitative estimate of drug-likeness (QED) is 0.675. The Morgan fingerprint density at radius 2 is 2.24 bits per heavy atom. The van der Waals surface area contributed by atoms with Crippen molar-refractivity contribution in [2.75, 3.05) is 33.4 Å². The van der Waals surface area contributed by atoms with Gasteiger partial charge >= 0.3 is 5.97 Å². The monoisotopic (exact) mass is 342 g/mol. The third-order valence-electron chi connectivity index (χ3n) is 6.52. The molecule has 0 amide bonds. The third kappa shape index (κ3) is 1.72. The van der Waals surface area contributed by atoms with Gasteiger partial charge in [-0.15, -0.1) is 0 Å². The van der Waals surface area contributed by atoms with Crippen LogP contribution >= 0.6 is 0 Å². The molecule has 4 heterocycles. The predicted molar refractivity (Wildman–Crippen MR) is 91.5 cm³/mol. The van der Waals surface area contributed by atoms with E-state index in [4.69, 9.17) is 9.47 Å². The van der Waals surface area contributed by atoms with Gasteiger partial charge < -0.3 is 24.9 Å². The van der Waals surface area contributed by atoms with Crippen LogP contribution in [0.2, 0.25) is 0 Å². The lowest BCUT2D eigenvalue weighted by Crippen LogP contribution is -2.66. The van der Waals surface area contributed by atoms with Crippen LogP contribution in [-0.4, -0.2) is 55.1 Å². The van der Waals surface area contributed by atoms with E-state index in [-0.39, 0.29) is 24.4 Å². The zero-order valence-electron chi connectivity index (χ0n) is 14.2. The summed E-state index contributed by atoms with van der Waals surface area (Å²) in [6.45, 7) is 1.88. The number of aliphatic hydroxyl groups is 1. The number of nitrogens with one attached hydrogen (secondary N) is 2. The largest absolute Gasteiger partial charge is 0.468 e. The second kappa shape index (κ2) is 5.06. The molecule has 6 rings (SSSR count). The first kappa shape index (κ1) is 15.4. The van der Waals surface area contributed by atoms with Gasteiger partial charge in [-0.25, -0.2) is 0 Å². The first-order valence-electron chi connectivity index (χ1n) is 8.83. The molecular weight excluding hydrogens is 320 g/mol. The number of esters is 1. The predicted octanol–water partition coefficient (Wildman–Crippen LogP) is 1.05. The molecule has 4 aliphatic rings. The fraction of sp³-hybridized carbons (Fsp3) is 0.526. The van der Waals surface area contributed by atoms with Crippen LogP contribution in [0, 0.1) is 5.92 Å². The maximum absolute atomic E-state index is 13.1. The minimum Gasteiger partial charge on any atom is -0.468 e. The number of aromatic nitrogens is 1. The van der Waals surface area contributed by atoms with E-state index in [0.29, 0.717) is 19.6 Å². The highest BCUT2D eigenvalue weighted by molar-refractivity contribution is 5.92. The van der Waals surface area contributed by atoms with Gasteiger partial charge in [-0.3, -0.25) is 4.79 Å². The Hall–Kier alpha value is -1.89. The number of piperidine rings is 1. The van der Waals surface area contributed by atoms with Crippen LogP contribution in [0.3, 0.4) is 0 Å². The summed E-state index contributed by atoms with van der Waals surface area (Å²) in [4.78, 5) is 16.6. The van der Waals surface area contributed by atoms with Crippen molar-refractivity contribution >= 4 is 16.9 Å². The molecule has 0 unspecified atom stereocenters. The molecule has 2 aromatic rings. The van der Waals surface area contributed by atoms with Crippen LogP contribution in [0.5, 0.6) is 0 Å². The third-order valence-corrected chi connectivity index (χ3v) is 6.52. The van der Waals surface area contributed by atoms with Crippen LogP contribution in [0.4, 0.5) is 0 Å². The van der Waals surface area contributed by atoms with Gasteiger partial charge in [0, 0.05) is 35.0 Å². The minimum absolute atomic E-state index is 0.170. The number of para-hydroxylation sites is 1. The van der Waals surface area contributed by atoms with Gasteiger partial charge in [0.1, 0.15) is 5.41 Å². The van der Waals surface area contributed by atoms with E-state index in [0.717, 1.165) is 28.7 Å². The number of rotatable bonds is 1. The average molecular weight is 342 g/mol. The number of methoxy groups -OCH3 is 1. The summed E-state index contributed by atoms with van der Waals surface area (Å²) in [7, 11) is 1.41. The Morgan fingerprint density at radius 3 is 3.08 bits per heavy atom. The standard InChI is InChI=1S/C19H22N2O4/c1-24-17(22)18-10-25-8-12(19(23)9-20-7-6-14(18)19)15-11-4-2-3-5-13(11)21-16(15)18/h2-5,12,14,20-21,23H,6-10H2,1H3/t12-,14-,18-,19-/m1/s1. The average Bonchev–Trinajstić information content (AvgIpc) is 2.86. The Kier molecular flexibility index (Phi) is 3.11. The van der Waals surface area contributed by atoms with Crippen LogP contribution in [-0.2, 0) is 19.7 Å². The molecule has 4 atom stereocenters. The summed E-state index contributed by atoms with van der Waals surface area (Å²) < 4.78 is 11.2. The van der Waals surface area contributed by atoms with Crippen molar-refractivity contribution in [2.24, 2.45) is 5.92 Å². The molecule has 1 aromatic heterocycles. The molecule has 1 aliphatic carbocycles. The van der Waals surface area contributed by atoms with E-state index in [1.807, 2.05) is 24.3 Å². The highest BCUT2D eigenvalue weighted by Crippen LogP contribution is 2.58. The Balaban J connectivity index is 1.89. The van der Waals surface area contributed by atoms with Gasteiger partial charge in [0.25, 0.3) is 0 Å². The van der Waals surface area contributed by atoms with Crippen LogP contribution in [0.1, 0.15) is 23.6 Å². The first-order chi connectivity index (χ1) is 12.1. The van der Waals surface area contributed by atoms with Crippen molar-refractivity contribution in [2.45, 2.75) is 23.4 Å². The number of aromatic amines is 1. The smallest absolute Gasteiger partial charge is 0.320 e. The Labute approximate surface area is 145 Å². The van der Waals surface area contributed by atoms with Gasteiger partial charge in [-0.1, -0.05) is 18.2 Å². The van der Waals surface area contributed by atoms with E-state index in [9.17, 15) is 9.90 Å². The van der Waals surface area contributed by atoms with Crippen molar-refractivity contribution in [1.82, 2.24) is 10.3 Å². The summed E-state index contributed by atoms with van der Waals surface area (Å²) in [6.07, 6.45) is 0.709. The number of hydrogen-bond donors (Lipinski definition) is 3. The van der Waals surface area contributed by atoms with E-state index in [2.05, 4.69) is 10.3 Å². The summed E-state index contributed by atoms with van der Waals surface area (Å²) in [5.41, 5.74) is 0.858. The van der Waals surface area contributed by atoms with Crippen molar-refractivity contribution < 1.29 is 19.4 Å². The maximum Gasteiger partial charge on any atom is 0.320 e. The Morgan fingerprint density at radius 1 is 1.40 bits per heavy atom. The summed E-state index contributed by atoms with van der Waals surface area (Å²) in [5.74, 6) is -0.732. The van der Waals surface area contributed by atoms with Crippen LogP contribution in [0.25, 0.3) is 10.9 Å². The van der Waals surface area contributed by atoms with Crippen molar-refractivity contribution in [3.8, 4) is 0 Å². The summed E-state index contributed by atoms with van der Waals surface area (Å²) in [5, 5.41) is 16.1. The topological polar surface area (TPSA) is 83.6 Å². The molecule has 0 saturated carbocycles. The van der Waals surface area contributed by atoms with Crippen LogP contribution in [0.15, 0.2) is 24.3 Å². The number of H-pyrrole nitrogens is 1. The SMILES string of the molecule is COC(=O)[C@@]12COC[C@H](c3c1[nH]c1ccccc31)[C@]1(O)CNCC[C@@H]12. The zero-order valence-corrected chi connectivity index (χ0v) is 14.2. The molecule has 2 fully saturated rings. The van der Waals surface area contributed by atoms with Crippen molar-refractivity contribution in [3.63, 3.8) is 0 Å². The number of fused-ring (bicyclic) bond motifs is 3. The van der Waals surface area contributed by atoms with Gasteiger partial charge in [0.2, 0.25) is 0 Å². The normalized spacial score (nSPS) is 36.6. The fourth-order valence-corrected chi connectivity index (χ4v) is 5.47. The lowest BCUT2D eigenvalue weighted by Gasteiger charge is -2.53. The number of carbonyl (C=O) groups is 1. The van der Waals surface area contributed by atoms with Crippen molar-refractivity contribution in [1.29, 1.82) is 0 Å². The molecule has 25 heavy (non-hydrogen) atoms. The molecule has 2 bridgehead atoms. The molecule has 6 heteroatoms. The van der Waals surface area contributed by atoms with E-state index in [1.54, 1.807) is 0 Å². The molecule has 6 nitrogen and oxygen atoms in total. The molecule has 3 N–H and O–H groups in total. The van der Waals surface area contributed by atoms with Crippen molar-refractivity contribution in [3.05, 3.63) is 35.5 Å². The summed E-state index contributed by atoms with van der Waals surface area (Å²) in [6, 6.07) is 8.03. The fourth-order valence-electron chi connectivity index (χ4n) is 5.47. The second-order valence-electron chi connectivity index (χ2n) is 7.50. The number of benzene rings is 1. The van der Waals surface area contributed by atoms with Gasteiger partial charge in [-0.05, 0) is 24.6 Å². The lowest BCUT2D eigenvalue weighted by molar-refractivity contribution is -0.162. The van der Waals surface area contributed by atoms with Gasteiger partial charge in [0.15, 0.2) is 0 Å². The first-order valence-corrected chi connectivity index (χ1v) is 8.83. The molecule has 2 saturated heterocycles. The molecule has 1 aromatic carbocycles. The van der Waals surface area contributed by atoms with Gasteiger partial charge in [-0.2, -0.15) is 0 Å². The highest BCUT2D eigenvalue weighted by Gasteiger charge is 2.67. The zero-order chi connectivity index (χ0) is 17.2. The maximum atomic E-state index is 13.1. The molecule has 132 valence electrons. The van der Waals surface area contributed by atoms with Crippen LogP contribution < -0.4 is 5.32 Å². The highest BCUT2D eigenvalue weighted by atomic mass is 16.5. The van der Waals surface area contributed by atoms with E-state index >= 15 is 0 Å². The Bertz CT molecular complexity index is 862. The number of ether oxygens (including phenoxy) is 2. The number of carbonyl (C=O) groups excluding carboxylic acids is 1. The molecule has 3 aliphatic heterocycles. The molecular formula is C19H22N2O4. The van der Waals surface area contributed by atoms with E-state index in [1.165, 1.54) is 7.11 Å². The van der Waals surface area contributed by atoms with E-state index < -0.39 is 11.0 Å². The van der Waals surface area contributed by atoms with Gasteiger partial charge in [0.05, 0.1) is 25.9 Å². The lowest BCUT2D eigenvalue weighted by atomic mass is 9.54. The molecule has 0 radical (unpaired) electrons. The minimum atomic E-state index is -1.03. The summed E-state index contributed by atoms with van der Waals surface area (Å²) >= 11 is 0.